The lowest BCUT2D eigenvalue weighted by atomic mass is 10.0. The highest BCUT2D eigenvalue weighted by Crippen LogP contribution is 2.26. The lowest BCUT2D eigenvalue weighted by Crippen LogP contribution is -2.38. The maximum atomic E-state index is 12.5. The van der Waals surface area contributed by atoms with Crippen molar-refractivity contribution in [3.8, 4) is 0 Å². The van der Waals surface area contributed by atoms with Gasteiger partial charge in [-0.05, 0) is 37.5 Å². The van der Waals surface area contributed by atoms with E-state index in [2.05, 4.69) is 0 Å². The molecule has 0 spiro atoms. The summed E-state index contributed by atoms with van der Waals surface area (Å²) in [4.78, 5) is 36.7. The van der Waals surface area contributed by atoms with E-state index in [1.54, 1.807) is 11.8 Å². The molecule has 7 heteroatoms. The predicted octanol–water partition coefficient (Wildman–Crippen LogP) is 3.04. The maximum absolute atomic E-state index is 12.5. The smallest absolute Gasteiger partial charge is 0.338 e. The molecule has 0 atom stereocenters. The molecule has 0 fully saturated rings. The molecule has 2 aromatic carbocycles. The zero-order chi connectivity index (χ0) is 18.7. The topological polar surface area (TPSA) is 89.8 Å². The molecule has 0 N–H and O–H groups in total. The van der Waals surface area contributed by atoms with Gasteiger partial charge in [-0.1, -0.05) is 24.3 Å². The second-order valence-corrected chi connectivity index (χ2v) is 6.11. The minimum atomic E-state index is -0.758. The van der Waals surface area contributed by atoms with Crippen LogP contribution in [0.25, 0.3) is 0 Å². The van der Waals surface area contributed by atoms with Crippen LogP contribution in [0.15, 0.2) is 42.5 Å². The molecule has 0 radical (unpaired) electrons. The summed E-state index contributed by atoms with van der Waals surface area (Å²) in [5, 5.41) is 11.0. The molecule has 0 unspecified atom stereocenters. The van der Waals surface area contributed by atoms with Crippen LogP contribution >= 0.6 is 0 Å². The lowest BCUT2D eigenvalue weighted by Gasteiger charge is -2.29. The summed E-state index contributed by atoms with van der Waals surface area (Å²) in [5.41, 5.74) is 2.27. The third-order valence-corrected chi connectivity index (χ3v) is 4.38. The summed E-state index contributed by atoms with van der Waals surface area (Å²) in [7, 11) is 0. The first kappa shape index (κ1) is 17.6. The summed E-state index contributed by atoms with van der Waals surface area (Å²) in [6.45, 7) is 1.75. The second-order valence-electron chi connectivity index (χ2n) is 6.11. The molecule has 1 amide bonds. The van der Waals surface area contributed by atoms with E-state index in [1.165, 1.54) is 18.2 Å². The van der Waals surface area contributed by atoms with Crippen molar-refractivity contribution in [2.75, 3.05) is 18.1 Å². The van der Waals surface area contributed by atoms with Crippen molar-refractivity contribution in [1.82, 2.24) is 0 Å². The van der Waals surface area contributed by atoms with Gasteiger partial charge >= 0.3 is 5.97 Å². The van der Waals surface area contributed by atoms with Crippen molar-refractivity contribution in [3.05, 3.63) is 69.3 Å². The van der Waals surface area contributed by atoms with Crippen molar-refractivity contribution < 1.29 is 19.2 Å². The minimum absolute atomic E-state index is 0.0501. The summed E-state index contributed by atoms with van der Waals surface area (Å²) in [6, 6.07) is 11.7. The maximum Gasteiger partial charge on any atom is 0.338 e. The number of rotatable bonds is 4. The fraction of sp³-hybridized carbons (Fsp3) is 0.263. The predicted molar refractivity (Wildman–Crippen MR) is 95.2 cm³/mol. The quantitative estimate of drug-likeness (QED) is 0.478. The van der Waals surface area contributed by atoms with Crippen molar-refractivity contribution in [2.24, 2.45) is 0 Å². The van der Waals surface area contributed by atoms with Gasteiger partial charge in [0.05, 0.1) is 10.5 Å². The summed E-state index contributed by atoms with van der Waals surface area (Å²) in [6.07, 6.45) is 1.76. The first-order chi connectivity index (χ1) is 12.5. The van der Waals surface area contributed by atoms with E-state index in [1.807, 2.05) is 24.3 Å². The third-order valence-electron chi connectivity index (χ3n) is 4.38. The SMILES string of the molecule is Cc1ccc(C(=O)OCC(=O)N2CCCc3ccccc32)cc1[N+](=O)[O-]. The van der Waals surface area contributed by atoms with Gasteiger partial charge in [-0.25, -0.2) is 4.79 Å². The zero-order valence-electron chi connectivity index (χ0n) is 14.3. The Labute approximate surface area is 150 Å². The number of carbonyl (C=O) groups excluding carboxylic acids is 2. The highest BCUT2D eigenvalue weighted by atomic mass is 16.6. The molecule has 1 heterocycles. The van der Waals surface area contributed by atoms with Gasteiger partial charge in [-0.3, -0.25) is 14.9 Å². The molecule has 134 valence electrons. The monoisotopic (exact) mass is 354 g/mol. The van der Waals surface area contributed by atoms with E-state index in [0.717, 1.165) is 24.1 Å². The number of nitro groups is 1. The number of anilines is 1. The number of aryl methyl sites for hydroxylation is 2. The Kier molecular flexibility index (Phi) is 4.97. The fourth-order valence-electron chi connectivity index (χ4n) is 3.01. The van der Waals surface area contributed by atoms with Crippen LogP contribution in [-0.4, -0.2) is 30.0 Å². The number of esters is 1. The molecule has 0 aliphatic carbocycles. The van der Waals surface area contributed by atoms with Gasteiger partial charge in [0.15, 0.2) is 6.61 Å². The van der Waals surface area contributed by atoms with Gasteiger partial charge in [0, 0.05) is 23.9 Å². The first-order valence-electron chi connectivity index (χ1n) is 8.28. The number of nitrogens with zero attached hydrogens (tertiary/aromatic N) is 2. The molecule has 0 saturated heterocycles. The average Bonchev–Trinajstić information content (AvgIpc) is 2.65. The fourth-order valence-corrected chi connectivity index (χ4v) is 3.01. The Morgan fingerprint density at radius 1 is 1.23 bits per heavy atom. The number of nitro benzene ring substituents is 1. The van der Waals surface area contributed by atoms with Crippen molar-refractivity contribution in [1.29, 1.82) is 0 Å². The zero-order valence-corrected chi connectivity index (χ0v) is 14.3. The van der Waals surface area contributed by atoms with Crippen molar-refractivity contribution in [3.63, 3.8) is 0 Å². The summed E-state index contributed by atoms with van der Waals surface area (Å²) < 4.78 is 5.08. The Hall–Kier alpha value is -3.22. The molecule has 7 nitrogen and oxygen atoms in total. The standard InChI is InChI=1S/C19H18N2O5/c1-13-8-9-15(11-17(13)21(24)25)19(23)26-12-18(22)20-10-4-6-14-5-2-3-7-16(14)20/h2-3,5,7-9,11H,4,6,10,12H2,1H3. The number of fused-ring (bicyclic) bond motifs is 1. The molecule has 26 heavy (non-hydrogen) atoms. The summed E-state index contributed by atoms with van der Waals surface area (Å²) >= 11 is 0. The molecule has 1 aliphatic heterocycles. The Morgan fingerprint density at radius 3 is 2.77 bits per heavy atom. The summed E-state index contributed by atoms with van der Waals surface area (Å²) in [5.74, 6) is -1.07. The largest absolute Gasteiger partial charge is 0.452 e. The number of hydrogen-bond acceptors (Lipinski definition) is 5. The van der Waals surface area contributed by atoms with E-state index in [4.69, 9.17) is 4.74 Å². The van der Waals surface area contributed by atoms with Gasteiger partial charge in [0.25, 0.3) is 11.6 Å². The Balaban J connectivity index is 1.68. The minimum Gasteiger partial charge on any atom is -0.452 e. The van der Waals surface area contributed by atoms with Gasteiger partial charge in [-0.2, -0.15) is 0 Å². The van der Waals surface area contributed by atoms with Gasteiger partial charge in [0.1, 0.15) is 0 Å². The molecular weight excluding hydrogens is 336 g/mol. The number of hydrogen-bond donors (Lipinski definition) is 0. The number of amides is 1. The molecule has 0 saturated carbocycles. The number of para-hydroxylation sites is 1. The highest BCUT2D eigenvalue weighted by Gasteiger charge is 2.23. The normalized spacial score (nSPS) is 13.0. The van der Waals surface area contributed by atoms with Crippen molar-refractivity contribution >= 4 is 23.3 Å². The second kappa shape index (κ2) is 7.35. The van der Waals surface area contributed by atoms with E-state index in [-0.39, 0.29) is 17.2 Å². The van der Waals surface area contributed by atoms with E-state index >= 15 is 0 Å². The lowest BCUT2D eigenvalue weighted by molar-refractivity contribution is -0.385. The van der Waals surface area contributed by atoms with Gasteiger partial charge in [-0.15, -0.1) is 0 Å². The molecule has 0 bridgehead atoms. The number of ether oxygens (including phenoxy) is 1. The first-order valence-corrected chi connectivity index (χ1v) is 8.28. The van der Waals surface area contributed by atoms with Crippen LogP contribution in [0.3, 0.4) is 0 Å². The molecule has 2 aromatic rings. The Morgan fingerprint density at radius 2 is 2.00 bits per heavy atom. The van der Waals surface area contributed by atoms with E-state index in [0.29, 0.717) is 12.1 Å². The highest BCUT2D eigenvalue weighted by molar-refractivity contribution is 5.98. The molecule has 1 aliphatic rings. The van der Waals surface area contributed by atoms with Gasteiger partial charge < -0.3 is 9.64 Å². The number of benzene rings is 2. The molecule has 3 rings (SSSR count). The third kappa shape index (κ3) is 3.56. The number of carbonyl (C=O) groups is 2. The van der Waals surface area contributed by atoms with Crippen LogP contribution in [0.2, 0.25) is 0 Å². The van der Waals surface area contributed by atoms with Crippen LogP contribution in [0.5, 0.6) is 0 Å². The van der Waals surface area contributed by atoms with E-state index < -0.39 is 17.5 Å². The average molecular weight is 354 g/mol. The van der Waals surface area contributed by atoms with Crippen LogP contribution < -0.4 is 4.90 Å². The van der Waals surface area contributed by atoms with Crippen LogP contribution in [0.4, 0.5) is 11.4 Å². The molecule has 0 aromatic heterocycles. The van der Waals surface area contributed by atoms with Crippen LogP contribution in [0.1, 0.15) is 27.9 Å². The van der Waals surface area contributed by atoms with Crippen LogP contribution in [0, 0.1) is 17.0 Å². The van der Waals surface area contributed by atoms with Gasteiger partial charge in [0.2, 0.25) is 0 Å². The van der Waals surface area contributed by atoms with Crippen molar-refractivity contribution in [2.45, 2.75) is 19.8 Å². The van der Waals surface area contributed by atoms with E-state index in [9.17, 15) is 19.7 Å². The molecular formula is C19H18N2O5. The van der Waals surface area contributed by atoms with Crippen LogP contribution in [-0.2, 0) is 16.0 Å². The Bertz CT molecular complexity index is 878.